The third-order valence-corrected chi connectivity index (χ3v) is 11.8. The fourth-order valence-corrected chi connectivity index (χ4v) is 9.16. The molecule has 4 nitrogen and oxygen atoms in total. The Hall–Kier alpha value is -7.95. The zero-order chi connectivity index (χ0) is 38.9. The smallest absolute Gasteiger partial charge is 0.238 e. The Bertz CT molecular complexity index is 3570. The molecule has 2 heterocycles. The second-order valence-corrected chi connectivity index (χ2v) is 15.2. The van der Waals surface area contributed by atoms with Gasteiger partial charge in [-0.3, -0.25) is 4.57 Å². The van der Waals surface area contributed by atoms with E-state index in [0.29, 0.717) is 17.6 Å². The summed E-state index contributed by atoms with van der Waals surface area (Å²) in [7, 11) is 0. The Labute approximate surface area is 340 Å². The molecule has 0 atom stereocenters. The van der Waals surface area contributed by atoms with Crippen molar-refractivity contribution in [1.29, 1.82) is 0 Å². The van der Waals surface area contributed by atoms with Crippen molar-refractivity contribution in [2.24, 2.45) is 0 Å². The molecule has 12 aromatic rings. The molecule has 12 rings (SSSR count). The van der Waals surface area contributed by atoms with Gasteiger partial charge in [0.15, 0.2) is 11.6 Å². The lowest BCUT2D eigenvalue weighted by atomic mass is 9.87. The molecule has 0 spiro atoms. The molecule has 0 N–H and O–H groups in total. The predicted octanol–water partition coefficient (Wildman–Crippen LogP) is 14.2. The molecule has 0 aliphatic rings. The van der Waals surface area contributed by atoms with Crippen molar-refractivity contribution in [1.82, 2.24) is 19.5 Å². The van der Waals surface area contributed by atoms with Crippen LogP contribution in [0.5, 0.6) is 0 Å². The van der Waals surface area contributed by atoms with E-state index in [1.54, 1.807) is 0 Å². The summed E-state index contributed by atoms with van der Waals surface area (Å²) in [5.41, 5.74) is 8.56. The molecule has 4 heteroatoms. The van der Waals surface area contributed by atoms with E-state index in [1.807, 2.05) is 18.2 Å². The molecule has 0 bridgehead atoms. The number of benzene rings is 10. The van der Waals surface area contributed by atoms with Gasteiger partial charge in [-0.05, 0) is 95.7 Å². The molecule has 59 heavy (non-hydrogen) atoms. The van der Waals surface area contributed by atoms with Crippen LogP contribution in [-0.2, 0) is 0 Å². The lowest BCUT2D eigenvalue weighted by Crippen LogP contribution is -2.06. The van der Waals surface area contributed by atoms with Gasteiger partial charge in [0, 0.05) is 21.9 Å². The van der Waals surface area contributed by atoms with E-state index in [-0.39, 0.29) is 0 Å². The highest BCUT2D eigenvalue weighted by atomic mass is 15.2. The average molecular weight is 751 g/mol. The maximum absolute atomic E-state index is 5.22. The lowest BCUT2D eigenvalue weighted by molar-refractivity contribution is 0.953. The van der Waals surface area contributed by atoms with E-state index in [1.165, 1.54) is 54.2 Å². The lowest BCUT2D eigenvalue weighted by Gasteiger charge is -2.16. The molecule has 0 fully saturated rings. The van der Waals surface area contributed by atoms with Gasteiger partial charge in [-0.1, -0.05) is 176 Å². The zero-order valence-corrected chi connectivity index (χ0v) is 31.9. The van der Waals surface area contributed by atoms with Crippen LogP contribution in [0.4, 0.5) is 0 Å². The summed E-state index contributed by atoms with van der Waals surface area (Å²) in [5.74, 6) is 1.83. The van der Waals surface area contributed by atoms with Crippen LogP contribution < -0.4 is 0 Å². The molecule has 0 amide bonds. The van der Waals surface area contributed by atoms with Gasteiger partial charge in [0.1, 0.15) is 0 Å². The average Bonchev–Trinajstić information content (AvgIpc) is 3.66. The maximum atomic E-state index is 5.22. The molecule has 0 saturated carbocycles. The Morgan fingerprint density at radius 2 is 0.695 bits per heavy atom. The normalized spacial score (nSPS) is 11.7. The number of hydrogen-bond donors (Lipinski definition) is 0. The molecule has 10 aromatic carbocycles. The Morgan fingerprint density at radius 1 is 0.271 bits per heavy atom. The number of aromatic nitrogens is 4. The van der Waals surface area contributed by atoms with E-state index in [4.69, 9.17) is 15.0 Å². The predicted molar refractivity (Wildman–Crippen MR) is 246 cm³/mol. The molecule has 274 valence electrons. The Kier molecular flexibility index (Phi) is 7.50. The van der Waals surface area contributed by atoms with Gasteiger partial charge in [-0.25, -0.2) is 4.98 Å². The minimum absolute atomic E-state index is 0.585. The largest absolute Gasteiger partial charge is 0.278 e. The van der Waals surface area contributed by atoms with Crippen molar-refractivity contribution < 1.29 is 0 Å². The van der Waals surface area contributed by atoms with Gasteiger partial charge in [0.05, 0.1) is 11.0 Å². The summed E-state index contributed by atoms with van der Waals surface area (Å²) in [5, 5.41) is 12.5. The first kappa shape index (κ1) is 33.2. The van der Waals surface area contributed by atoms with Crippen LogP contribution in [0, 0.1) is 0 Å². The van der Waals surface area contributed by atoms with Crippen LogP contribution in [0.2, 0.25) is 0 Å². The standard InChI is InChI=1S/C55H34N4/c1-2-16-35(17-3-1)53-56-54(58-55(57-53)59-50-30-12-10-26-44(50)45-27-11-13-31-51(45)59)39-21-15-19-37(33-39)36-18-14-20-38(32-36)48-34-49-42-24-5-4-22-40(42)41-23-6-8-28-46(41)52(49)47-29-9-7-25-43(47)48/h1-34H. The van der Waals surface area contributed by atoms with Gasteiger partial charge in [-0.2, -0.15) is 9.97 Å². The van der Waals surface area contributed by atoms with Gasteiger partial charge in [0.2, 0.25) is 5.95 Å². The number of fused-ring (bicyclic) bond motifs is 11. The van der Waals surface area contributed by atoms with Crippen LogP contribution in [0.15, 0.2) is 206 Å². The summed E-state index contributed by atoms with van der Waals surface area (Å²) in [6, 6.07) is 73.5. The summed E-state index contributed by atoms with van der Waals surface area (Å²) >= 11 is 0. The second-order valence-electron chi connectivity index (χ2n) is 15.2. The fourth-order valence-electron chi connectivity index (χ4n) is 9.16. The quantitative estimate of drug-likeness (QED) is 0.165. The molecular formula is C55H34N4. The van der Waals surface area contributed by atoms with E-state index in [2.05, 4.69) is 193 Å². The first-order chi connectivity index (χ1) is 29.3. The maximum Gasteiger partial charge on any atom is 0.238 e. The summed E-state index contributed by atoms with van der Waals surface area (Å²) in [6.07, 6.45) is 0. The van der Waals surface area contributed by atoms with E-state index in [0.717, 1.165) is 44.1 Å². The first-order valence-electron chi connectivity index (χ1n) is 20.0. The number of hydrogen-bond acceptors (Lipinski definition) is 3. The van der Waals surface area contributed by atoms with Crippen LogP contribution in [0.3, 0.4) is 0 Å². The minimum atomic E-state index is 0.585. The topological polar surface area (TPSA) is 43.6 Å². The van der Waals surface area contributed by atoms with Gasteiger partial charge >= 0.3 is 0 Å². The van der Waals surface area contributed by atoms with Crippen molar-refractivity contribution in [2.75, 3.05) is 0 Å². The van der Waals surface area contributed by atoms with Crippen LogP contribution in [0.1, 0.15) is 0 Å². The first-order valence-corrected chi connectivity index (χ1v) is 20.0. The monoisotopic (exact) mass is 750 g/mol. The number of nitrogens with zero attached hydrogens (tertiary/aromatic N) is 4. The van der Waals surface area contributed by atoms with E-state index >= 15 is 0 Å². The molecule has 0 radical (unpaired) electrons. The molecule has 0 aliphatic carbocycles. The summed E-state index contributed by atoms with van der Waals surface area (Å²) in [4.78, 5) is 15.5. The molecular weight excluding hydrogens is 717 g/mol. The van der Waals surface area contributed by atoms with Crippen LogP contribution >= 0.6 is 0 Å². The van der Waals surface area contributed by atoms with Crippen LogP contribution in [-0.4, -0.2) is 19.5 Å². The third kappa shape index (κ3) is 5.34. The van der Waals surface area contributed by atoms with Crippen molar-refractivity contribution in [3.05, 3.63) is 206 Å². The minimum Gasteiger partial charge on any atom is -0.278 e. The van der Waals surface area contributed by atoms with Gasteiger partial charge < -0.3 is 0 Å². The molecule has 2 aromatic heterocycles. The number of para-hydroxylation sites is 2. The van der Waals surface area contributed by atoms with Crippen LogP contribution in [0.25, 0.3) is 116 Å². The summed E-state index contributed by atoms with van der Waals surface area (Å²) < 4.78 is 2.16. The third-order valence-electron chi connectivity index (χ3n) is 11.8. The zero-order valence-electron chi connectivity index (χ0n) is 31.9. The van der Waals surface area contributed by atoms with E-state index < -0.39 is 0 Å². The summed E-state index contributed by atoms with van der Waals surface area (Å²) in [6.45, 7) is 0. The van der Waals surface area contributed by atoms with Crippen molar-refractivity contribution in [3.8, 4) is 51.0 Å². The second kappa shape index (κ2) is 13.3. The van der Waals surface area contributed by atoms with Crippen molar-refractivity contribution in [3.63, 3.8) is 0 Å². The highest BCUT2D eigenvalue weighted by Gasteiger charge is 2.19. The molecule has 0 aliphatic heterocycles. The SMILES string of the molecule is c1ccc(-c2nc(-c3cccc(-c4cccc(-c5cc6c7ccccc7c7ccccc7c6c6ccccc56)c4)c3)nc(-n3c4ccccc4c4ccccc43)n2)cc1. The fraction of sp³-hybridized carbons (Fsp3) is 0. The molecule has 0 saturated heterocycles. The van der Waals surface area contributed by atoms with Crippen molar-refractivity contribution >= 4 is 64.9 Å². The molecule has 0 unspecified atom stereocenters. The highest BCUT2D eigenvalue weighted by molar-refractivity contribution is 6.33. The van der Waals surface area contributed by atoms with E-state index in [9.17, 15) is 0 Å². The van der Waals surface area contributed by atoms with Gasteiger partial charge in [-0.15, -0.1) is 0 Å². The Morgan fingerprint density at radius 3 is 1.34 bits per heavy atom. The van der Waals surface area contributed by atoms with Gasteiger partial charge in [0.25, 0.3) is 0 Å². The van der Waals surface area contributed by atoms with Crippen molar-refractivity contribution in [2.45, 2.75) is 0 Å². The number of rotatable bonds is 5. The highest BCUT2D eigenvalue weighted by Crippen LogP contribution is 2.43. The Balaban J connectivity index is 1.03.